The highest BCUT2D eigenvalue weighted by Gasteiger charge is 2.04. The SMILES string of the molecule is Cc1ccc(OCCNC(=O)/C=C/c2cn(C)c(=O)n(C)c2=O)cc1. The van der Waals surface area contributed by atoms with Crippen LogP contribution in [0.15, 0.2) is 46.1 Å². The van der Waals surface area contributed by atoms with Gasteiger partial charge in [-0.25, -0.2) is 4.79 Å². The fraction of sp³-hybridized carbons (Fsp3) is 0.278. The van der Waals surface area contributed by atoms with E-state index in [-0.39, 0.29) is 11.5 Å². The molecule has 0 spiro atoms. The first kappa shape index (κ1) is 18.3. The maximum absolute atomic E-state index is 11.9. The second-order valence-corrected chi connectivity index (χ2v) is 5.63. The summed E-state index contributed by atoms with van der Waals surface area (Å²) in [4.78, 5) is 35.3. The lowest BCUT2D eigenvalue weighted by atomic mass is 10.2. The van der Waals surface area contributed by atoms with Gasteiger partial charge in [-0.3, -0.25) is 14.2 Å². The van der Waals surface area contributed by atoms with Crippen molar-refractivity contribution in [3.63, 3.8) is 0 Å². The van der Waals surface area contributed by atoms with E-state index < -0.39 is 11.2 Å². The maximum Gasteiger partial charge on any atom is 0.330 e. The van der Waals surface area contributed by atoms with Gasteiger partial charge in [0.2, 0.25) is 5.91 Å². The summed E-state index contributed by atoms with van der Waals surface area (Å²) in [5, 5.41) is 2.67. The van der Waals surface area contributed by atoms with Gasteiger partial charge in [-0.15, -0.1) is 0 Å². The molecule has 7 heteroatoms. The zero-order valence-corrected chi connectivity index (χ0v) is 14.5. The van der Waals surface area contributed by atoms with Gasteiger partial charge in [0.15, 0.2) is 0 Å². The third kappa shape index (κ3) is 4.94. The number of rotatable bonds is 6. The highest BCUT2D eigenvalue weighted by atomic mass is 16.5. The molecule has 1 N–H and O–H groups in total. The maximum atomic E-state index is 11.9. The summed E-state index contributed by atoms with van der Waals surface area (Å²) < 4.78 is 7.79. The van der Waals surface area contributed by atoms with E-state index in [1.165, 1.54) is 30.0 Å². The summed E-state index contributed by atoms with van der Waals surface area (Å²) in [5.41, 5.74) is 0.542. The number of nitrogens with zero attached hydrogens (tertiary/aromatic N) is 2. The van der Waals surface area contributed by atoms with Crippen molar-refractivity contribution in [2.75, 3.05) is 13.2 Å². The number of aryl methyl sites for hydroxylation is 2. The zero-order valence-electron chi connectivity index (χ0n) is 14.5. The van der Waals surface area contributed by atoms with Crippen LogP contribution in [0.4, 0.5) is 0 Å². The van der Waals surface area contributed by atoms with Crippen LogP contribution in [0, 0.1) is 6.92 Å². The highest BCUT2D eigenvalue weighted by molar-refractivity contribution is 5.91. The highest BCUT2D eigenvalue weighted by Crippen LogP contribution is 2.10. The number of aromatic nitrogens is 2. The average Bonchev–Trinajstić information content (AvgIpc) is 2.60. The van der Waals surface area contributed by atoms with Crippen LogP contribution in [0.1, 0.15) is 11.1 Å². The largest absolute Gasteiger partial charge is 0.492 e. The Balaban J connectivity index is 1.86. The lowest BCUT2D eigenvalue weighted by molar-refractivity contribution is -0.116. The molecular weight excluding hydrogens is 322 g/mol. The lowest BCUT2D eigenvalue weighted by Gasteiger charge is -2.07. The van der Waals surface area contributed by atoms with Crippen LogP contribution in [0.5, 0.6) is 5.75 Å². The first-order valence-corrected chi connectivity index (χ1v) is 7.80. The van der Waals surface area contributed by atoms with Crippen molar-refractivity contribution in [1.82, 2.24) is 14.5 Å². The molecule has 0 aliphatic rings. The van der Waals surface area contributed by atoms with Crippen molar-refractivity contribution < 1.29 is 9.53 Å². The van der Waals surface area contributed by atoms with E-state index in [2.05, 4.69) is 5.32 Å². The number of nitrogens with one attached hydrogen (secondary N) is 1. The Kier molecular flexibility index (Phi) is 5.94. The van der Waals surface area contributed by atoms with Crippen molar-refractivity contribution in [3.8, 4) is 5.75 Å². The van der Waals surface area contributed by atoms with Gasteiger partial charge in [0.05, 0.1) is 12.1 Å². The molecule has 0 saturated heterocycles. The average molecular weight is 343 g/mol. The minimum atomic E-state index is -0.449. The molecule has 0 bridgehead atoms. The molecule has 1 aromatic heterocycles. The van der Waals surface area contributed by atoms with Crippen LogP contribution >= 0.6 is 0 Å². The monoisotopic (exact) mass is 343 g/mol. The summed E-state index contributed by atoms with van der Waals surface area (Å²) >= 11 is 0. The summed E-state index contributed by atoms with van der Waals surface area (Å²) in [5.74, 6) is 0.396. The van der Waals surface area contributed by atoms with Gasteiger partial charge in [-0.2, -0.15) is 0 Å². The van der Waals surface area contributed by atoms with Crippen LogP contribution in [0.25, 0.3) is 6.08 Å². The Morgan fingerprint density at radius 2 is 1.88 bits per heavy atom. The van der Waals surface area contributed by atoms with Crippen LogP contribution in [0.3, 0.4) is 0 Å². The van der Waals surface area contributed by atoms with Crippen molar-refractivity contribution in [2.24, 2.45) is 14.1 Å². The summed E-state index contributed by atoms with van der Waals surface area (Å²) in [6, 6.07) is 7.63. The van der Waals surface area contributed by atoms with Gasteiger partial charge >= 0.3 is 5.69 Å². The van der Waals surface area contributed by atoms with Crippen molar-refractivity contribution in [3.05, 3.63) is 68.5 Å². The minimum absolute atomic E-state index is 0.260. The fourth-order valence-electron chi connectivity index (χ4n) is 2.15. The third-order valence-corrected chi connectivity index (χ3v) is 3.58. The molecule has 0 radical (unpaired) electrons. The van der Waals surface area contributed by atoms with E-state index >= 15 is 0 Å². The van der Waals surface area contributed by atoms with E-state index in [1.807, 2.05) is 31.2 Å². The van der Waals surface area contributed by atoms with Crippen molar-refractivity contribution in [1.29, 1.82) is 0 Å². The third-order valence-electron chi connectivity index (χ3n) is 3.58. The van der Waals surface area contributed by atoms with E-state index in [0.717, 1.165) is 15.9 Å². The molecule has 132 valence electrons. The second-order valence-electron chi connectivity index (χ2n) is 5.63. The van der Waals surface area contributed by atoms with Crippen molar-refractivity contribution in [2.45, 2.75) is 6.92 Å². The second kappa shape index (κ2) is 8.14. The Morgan fingerprint density at radius 3 is 2.56 bits per heavy atom. The number of benzene rings is 1. The smallest absolute Gasteiger partial charge is 0.330 e. The van der Waals surface area contributed by atoms with E-state index in [9.17, 15) is 14.4 Å². The first-order chi connectivity index (χ1) is 11.9. The Labute approximate surface area is 145 Å². The van der Waals surface area contributed by atoms with E-state index in [0.29, 0.717) is 13.2 Å². The summed E-state index contributed by atoms with van der Waals surface area (Å²) in [6.45, 7) is 2.67. The van der Waals surface area contributed by atoms with Gasteiger partial charge in [0, 0.05) is 26.4 Å². The zero-order chi connectivity index (χ0) is 18.4. The van der Waals surface area contributed by atoms with Crippen LogP contribution < -0.4 is 21.3 Å². The summed E-state index contributed by atoms with van der Waals surface area (Å²) in [6.07, 6.45) is 4.04. The molecule has 0 fully saturated rings. The quantitative estimate of drug-likeness (QED) is 0.615. The molecule has 0 aliphatic carbocycles. The van der Waals surface area contributed by atoms with Crippen LogP contribution in [-0.2, 0) is 18.9 Å². The molecule has 1 amide bonds. The predicted octanol–water partition coefficient (Wildman–Crippen LogP) is 0.601. The van der Waals surface area contributed by atoms with Crippen LogP contribution in [0.2, 0.25) is 0 Å². The van der Waals surface area contributed by atoms with Gasteiger partial charge in [-0.05, 0) is 25.1 Å². The number of hydrogen-bond acceptors (Lipinski definition) is 4. The van der Waals surface area contributed by atoms with Gasteiger partial charge < -0.3 is 14.6 Å². The predicted molar refractivity (Wildman–Crippen MR) is 95.6 cm³/mol. The number of ether oxygens (including phenoxy) is 1. The number of amides is 1. The Bertz CT molecular complexity index is 892. The lowest BCUT2D eigenvalue weighted by Crippen LogP contribution is -2.37. The molecule has 0 unspecified atom stereocenters. The molecule has 0 aliphatic heterocycles. The van der Waals surface area contributed by atoms with Crippen LogP contribution in [-0.4, -0.2) is 28.2 Å². The molecule has 25 heavy (non-hydrogen) atoms. The number of carbonyl (C=O) groups excluding carboxylic acids is 1. The van der Waals surface area contributed by atoms with E-state index in [1.54, 1.807) is 7.05 Å². The van der Waals surface area contributed by atoms with E-state index in [4.69, 9.17) is 4.74 Å². The molecular formula is C18H21N3O4. The minimum Gasteiger partial charge on any atom is -0.492 e. The van der Waals surface area contributed by atoms with Crippen molar-refractivity contribution >= 4 is 12.0 Å². The summed E-state index contributed by atoms with van der Waals surface area (Å²) in [7, 11) is 2.94. The van der Waals surface area contributed by atoms with Gasteiger partial charge in [0.25, 0.3) is 5.56 Å². The molecule has 1 heterocycles. The molecule has 7 nitrogen and oxygen atoms in total. The molecule has 0 saturated carbocycles. The molecule has 1 aromatic carbocycles. The van der Waals surface area contributed by atoms with Gasteiger partial charge in [-0.1, -0.05) is 17.7 Å². The Hall–Kier alpha value is -3.09. The first-order valence-electron chi connectivity index (χ1n) is 7.80. The molecule has 0 atom stereocenters. The Morgan fingerprint density at radius 1 is 1.20 bits per heavy atom. The standard InChI is InChI=1S/C18H21N3O4/c1-13-4-7-15(8-5-13)25-11-10-19-16(22)9-6-14-12-20(2)18(24)21(3)17(14)23/h4-9,12H,10-11H2,1-3H3,(H,19,22)/b9-6+. The fourth-order valence-corrected chi connectivity index (χ4v) is 2.15. The molecule has 2 aromatic rings. The topological polar surface area (TPSA) is 82.3 Å². The number of hydrogen-bond donors (Lipinski definition) is 1. The molecule has 2 rings (SSSR count). The van der Waals surface area contributed by atoms with Gasteiger partial charge in [0.1, 0.15) is 12.4 Å². The number of carbonyl (C=O) groups is 1. The normalized spacial score (nSPS) is 10.8.